The summed E-state index contributed by atoms with van der Waals surface area (Å²) in [6, 6.07) is 15.3. The second kappa shape index (κ2) is 7.87. The van der Waals surface area contributed by atoms with Gasteiger partial charge in [0.2, 0.25) is 0 Å². The van der Waals surface area contributed by atoms with E-state index in [1.165, 1.54) is 26.1 Å². The van der Waals surface area contributed by atoms with Crippen LogP contribution in [0, 0.1) is 6.92 Å². The van der Waals surface area contributed by atoms with Gasteiger partial charge in [0.1, 0.15) is 0 Å². The maximum atomic E-state index is 3.66. The average molecular weight is 350 g/mol. The molecule has 0 aliphatic rings. The highest BCUT2D eigenvalue weighted by Gasteiger charge is 2.02. The minimum absolute atomic E-state index is 0.917. The van der Waals surface area contributed by atoms with Crippen molar-refractivity contribution in [2.75, 3.05) is 6.54 Å². The van der Waals surface area contributed by atoms with Crippen LogP contribution in [0.1, 0.15) is 23.6 Å². The fourth-order valence-corrected chi connectivity index (χ4v) is 3.54. The normalized spacial score (nSPS) is 10.8. The van der Waals surface area contributed by atoms with Gasteiger partial charge < -0.3 is 5.32 Å². The van der Waals surface area contributed by atoms with Crippen LogP contribution < -0.4 is 5.32 Å². The zero-order valence-corrected chi connectivity index (χ0v) is 14.4. The van der Waals surface area contributed by atoms with Crippen molar-refractivity contribution >= 4 is 27.7 Å². The molecule has 0 spiro atoms. The molecule has 0 radical (unpaired) electrons. The van der Waals surface area contributed by atoms with Crippen LogP contribution >= 0.6 is 27.7 Å². The molecule has 0 saturated heterocycles. The van der Waals surface area contributed by atoms with E-state index >= 15 is 0 Å². The molecule has 2 rings (SSSR count). The summed E-state index contributed by atoms with van der Waals surface area (Å²) in [5, 5.41) is 3.35. The predicted molar refractivity (Wildman–Crippen MR) is 92.3 cm³/mol. The first kappa shape index (κ1) is 15.6. The van der Waals surface area contributed by atoms with Crippen molar-refractivity contribution in [3.05, 3.63) is 63.6 Å². The number of halogens is 1. The molecule has 3 heteroatoms. The van der Waals surface area contributed by atoms with E-state index in [-0.39, 0.29) is 0 Å². The highest BCUT2D eigenvalue weighted by atomic mass is 79.9. The largest absolute Gasteiger partial charge is 0.313 e. The van der Waals surface area contributed by atoms with Crippen LogP contribution in [0.3, 0.4) is 0 Å². The molecule has 0 bridgehead atoms. The van der Waals surface area contributed by atoms with Gasteiger partial charge in [0.15, 0.2) is 0 Å². The Kier molecular flexibility index (Phi) is 6.14. The van der Waals surface area contributed by atoms with Crippen molar-refractivity contribution in [2.45, 2.75) is 31.0 Å². The molecule has 0 aliphatic heterocycles. The average Bonchev–Trinajstić information content (AvgIpc) is 2.44. The van der Waals surface area contributed by atoms with Crippen LogP contribution in [0.2, 0.25) is 0 Å². The van der Waals surface area contributed by atoms with E-state index in [1.54, 1.807) is 0 Å². The first-order valence-electron chi connectivity index (χ1n) is 6.86. The van der Waals surface area contributed by atoms with Crippen molar-refractivity contribution in [3.63, 3.8) is 0 Å². The lowest BCUT2D eigenvalue weighted by molar-refractivity contribution is 0.724. The minimum Gasteiger partial charge on any atom is -0.313 e. The molecular formula is C17H20BrNS. The van der Waals surface area contributed by atoms with E-state index in [1.807, 2.05) is 11.8 Å². The second-order valence-corrected chi connectivity index (χ2v) is 6.71. The van der Waals surface area contributed by atoms with Gasteiger partial charge in [-0.25, -0.2) is 0 Å². The molecule has 0 saturated carbocycles. The fraction of sp³-hybridized carbons (Fsp3) is 0.294. The Labute approximate surface area is 134 Å². The maximum absolute atomic E-state index is 3.66. The Morgan fingerprint density at radius 1 is 1.15 bits per heavy atom. The van der Waals surface area contributed by atoms with Gasteiger partial charge in [-0.2, -0.15) is 0 Å². The van der Waals surface area contributed by atoms with Crippen LogP contribution in [-0.4, -0.2) is 6.54 Å². The fourth-order valence-electron chi connectivity index (χ4n) is 1.99. The number of benzene rings is 2. The van der Waals surface area contributed by atoms with E-state index in [0.29, 0.717) is 0 Å². The van der Waals surface area contributed by atoms with E-state index in [4.69, 9.17) is 0 Å². The Morgan fingerprint density at radius 2 is 2.00 bits per heavy atom. The Morgan fingerprint density at radius 3 is 2.70 bits per heavy atom. The lowest BCUT2D eigenvalue weighted by Crippen LogP contribution is -2.11. The van der Waals surface area contributed by atoms with Gasteiger partial charge in [0, 0.05) is 21.7 Å². The Balaban J connectivity index is 1.98. The third-order valence-corrected chi connectivity index (χ3v) is 4.88. The molecule has 2 aromatic carbocycles. The summed E-state index contributed by atoms with van der Waals surface area (Å²) >= 11 is 5.54. The van der Waals surface area contributed by atoms with E-state index < -0.39 is 0 Å². The molecule has 2 aromatic rings. The van der Waals surface area contributed by atoms with Crippen molar-refractivity contribution in [1.82, 2.24) is 5.32 Å². The zero-order chi connectivity index (χ0) is 14.4. The third-order valence-electron chi connectivity index (χ3n) is 3.08. The van der Waals surface area contributed by atoms with Gasteiger partial charge in [-0.15, -0.1) is 11.8 Å². The van der Waals surface area contributed by atoms with Crippen LogP contribution in [0.15, 0.2) is 51.8 Å². The first-order valence-corrected chi connectivity index (χ1v) is 8.64. The van der Waals surface area contributed by atoms with Crippen molar-refractivity contribution in [1.29, 1.82) is 0 Å². The Bertz CT molecular complexity index is 569. The molecule has 0 heterocycles. The molecule has 106 valence electrons. The second-order valence-electron chi connectivity index (χ2n) is 4.81. The number of aryl methyl sites for hydroxylation is 1. The van der Waals surface area contributed by atoms with E-state index in [9.17, 15) is 0 Å². The number of nitrogens with one attached hydrogen (secondary N) is 1. The van der Waals surface area contributed by atoms with Gasteiger partial charge in [0.25, 0.3) is 0 Å². The molecule has 0 fully saturated rings. The zero-order valence-electron chi connectivity index (χ0n) is 11.9. The molecule has 1 nitrogen and oxygen atoms in total. The molecule has 0 aromatic heterocycles. The third kappa shape index (κ3) is 4.65. The molecule has 20 heavy (non-hydrogen) atoms. The summed E-state index contributed by atoms with van der Waals surface area (Å²) in [7, 11) is 0. The smallest absolute Gasteiger partial charge is 0.0232 e. The molecule has 0 aliphatic carbocycles. The van der Waals surface area contributed by atoms with Crippen LogP contribution in [0.5, 0.6) is 0 Å². The highest BCUT2D eigenvalue weighted by Crippen LogP contribution is 2.28. The van der Waals surface area contributed by atoms with E-state index in [0.717, 1.165) is 18.8 Å². The molecule has 0 amide bonds. The predicted octanol–water partition coefficient (Wildman–Crippen LogP) is 5.16. The monoisotopic (exact) mass is 349 g/mol. The van der Waals surface area contributed by atoms with Gasteiger partial charge in [-0.1, -0.05) is 58.7 Å². The molecule has 0 unspecified atom stereocenters. The van der Waals surface area contributed by atoms with Crippen LogP contribution in [0.25, 0.3) is 0 Å². The quantitative estimate of drug-likeness (QED) is 0.723. The van der Waals surface area contributed by atoms with Gasteiger partial charge in [-0.05, 0) is 36.7 Å². The lowest BCUT2D eigenvalue weighted by atomic mass is 10.2. The Hall–Kier alpha value is -0.770. The molecular weight excluding hydrogens is 330 g/mol. The standard InChI is InChI=1S/C17H20BrNS/c1-3-19-11-15-7-8-16(10-17(15)18)20-12-14-6-4-5-13(2)9-14/h4-10,19H,3,11-12H2,1-2H3. The summed E-state index contributed by atoms with van der Waals surface area (Å²) in [5.41, 5.74) is 4.01. The summed E-state index contributed by atoms with van der Waals surface area (Å²) in [6.07, 6.45) is 0. The SMILES string of the molecule is CCNCc1ccc(SCc2cccc(C)c2)cc1Br. The number of hydrogen-bond donors (Lipinski definition) is 1. The van der Waals surface area contributed by atoms with Crippen molar-refractivity contribution in [2.24, 2.45) is 0 Å². The van der Waals surface area contributed by atoms with Gasteiger partial charge in [0.05, 0.1) is 0 Å². The van der Waals surface area contributed by atoms with Crippen LogP contribution in [0.4, 0.5) is 0 Å². The maximum Gasteiger partial charge on any atom is 0.0232 e. The number of hydrogen-bond acceptors (Lipinski definition) is 2. The topological polar surface area (TPSA) is 12.0 Å². The van der Waals surface area contributed by atoms with Crippen molar-refractivity contribution in [3.8, 4) is 0 Å². The van der Waals surface area contributed by atoms with Gasteiger partial charge >= 0.3 is 0 Å². The summed E-state index contributed by atoms with van der Waals surface area (Å²) in [5.74, 6) is 1.01. The lowest BCUT2D eigenvalue weighted by Gasteiger charge is -2.08. The molecule has 0 atom stereocenters. The minimum atomic E-state index is 0.917. The van der Waals surface area contributed by atoms with Crippen molar-refractivity contribution < 1.29 is 0 Å². The summed E-state index contributed by atoms with van der Waals surface area (Å²) < 4.78 is 1.19. The first-order chi connectivity index (χ1) is 9.69. The van der Waals surface area contributed by atoms with E-state index in [2.05, 4.69) is 77.6 Å². The summed E-state index contributed by atoms with van der Waals surface area (Å²) in [4.78, 5) is 1.30. The number of thioether (sulfide) groups is 1. The van der Waals surface area contributed by atoms with Crippen LogP contribution in [-0.2, 0) is 12.3 Å². The summed E-state index contributed by atoms with van der Waals surface area (Å²) in [6.45, 7) is 6.18. The van der Waals surface area contributed by atoms with Gasteiger partial charge in [-0.3, -0.25) is 0 Å². The molecule has 1 N–H and O–H groups in total. The highest BCUT2D eigenvalue weighted by molar-refractivity contribution is 9.10. The number of rotatable bonds is 6.